The zero-order chi connectivity index (χ0) is 26.1. The number of nitrogens with one attached hydrogen (secondary N) is 1. The average molecular weight is 507 g/mol. The van der Waals surface area contributed by atoms with Gasteiger partial charge in [-0.2, -0.15) is 4.39 Å². The SMILES string of the molecule is CC1CCC(C(=O)Nc2ccnc(N3CCN(C)CC3=O)c2)O1.COCCOc1cccc(F)c1F. The summed E-state index contributed by atoms with van der Waals surface area (Å²) in [6.07, 6.45) is 2.97. The second-order valence-electron chi connectivity index (χ2n) is 8.58. The number of anilines is 2. The van der Waals surface area contributed by atoms with Crippen LogP contribution < -0.4 is 15.0 Å². The number of nitrogens with zero attached hydrogens (tertiary/aromatic N) is 3. The Labute approximate surface area is 209 Å². The number of pyridine rings is 1. The van der Waals surface area contributed by atoms with Crippen molar-refractivity contribution in [3.8, 4) is 5.75 Å². The van der Waals surface area contributed by atoms with Crippen molar-refractivity contribution in [2.75, 3.05) is 57.2 Å². The molecule has 0 bridgehead atoms. The van der Waals surface area contributed by atoms with Crippen LogP contribution in [0.15, 0.2) is 36.5 Å². The molecule has 3 heterocycles. The summed E-state index contributed by atoms with van der Waals surface area (Å²) < 4.78 is 40.7. The molecule has 2 aliphatic rings. The van der Waals surface area contributed by atoms with Crippen LogP contribution in [-0.2, 0) is 19.1 Å². The van der Waals surface area contributed by atoms with Crippen LogP contribution in [0, 0.1) is 11.6 Å². The number of likely N-dealkylation sites (N-methyl/N-ethyl adjacent to an activating group) is 1. The summed E-state index contributed by atoms with van der Waals surface area (Å²) in [7, 11) is 3.42. The number of methoxy groups -OCH3 is 1. The summed E-state index contributed by atoms with van der Waals surface area (Å²) in [4.78, 5) is 32.2. The predicted molar refractivity (Wildman–Crippen MR) is 130 cm³/mol. The number of ether oxygens (including phenoxy) is 3. The van der Waals surface area contributed by atoms with Gasteiger partial charge in [0.25, 0.3) is 5.91 Å². The van der Waals surface area contributed by atoms with Gasteiger partial charge in [-0.3, -0.25) is 19.4 Å². The lowest BCUT2D eigenvalue weighted by atomic mass is 10.2. The smallest absolute Gasteiger partial charge is 0.253 e. The number of amides is 2. The van der Waals surface area contributed by atoms with Gasteiger partial charge in [-0.05, 0) is 45.0 Å². The standard InChI is InChI=1S/C16H22N4O3.C9H10F2O2/c1-11-3-4-13(23-11)16(22)18-12-5-6-17-14(9-12)20-8-7-19(2)10-15(20)21;1-12-5-6-13-8-4-2-3-7(10)9(8)11/h5-6,9,11,13H,3-4,7-8,10H2,1-2H3,(H,17,18,22);2-4H,5-6H2,1H3. The van der Waals surface area contributed by atoms with E-state index in [-0.39, 0.29) is 30.3 Å². The first-order chi connectivity index (χ1) is 17.3. The zero-order valence-corrected chi connectivity index (χ0v) is 20.7. The molecule has 2 atom stereocenters. The van der Waals surface area contributed by atoms with Crippen LogP contribution in [0.4, 0.5) is 20.3 Å². The van der Waals surface area contributed by atoms with Crippen molar-refractivity contribution in [2.45, 2.75) is 32.0 Å². The van der Waals surface area contributed by atoms with E-state index in [0.29, 0.717) is 31.2 Å². The third-order valence-corrected chi connectivity index (χ3v) is 5.69. The van der Waals surface area contributed by atoms with E-state index in [0.717, 1.165) is 25.5 Å². The Kier molecular flexibility index (Phi) is 10.1. The molecule has 1 aromatic carbocycles. The van der Waals surface area contributed by atoms with Gasteiger partial charge in [0.1, 0.15) is 18.5 Å². The molecule has 9 nitrogen and oxygen atoms in total. The number of carbonyl (C=O) groups excluding carboxylic acids is 2. The number of hydrogen-bond donors (Lipinski definition) is 1. The van der Waals surface area contributed by atoms with Gasteiger partial charge < -0.3 is 19.5 Å². The number of rotatable bonds is 7. The van der Waals surface area contributed by atoms with E-state index in [1.54, 1.807) is 23.2 Å². The maximum atomic E-state index is 12.9. The second-order valence-corrected chi connectivity index (χ2v) is 8.58. The Hall–Kier alpha value is -3.15. The van der Waals surface area contributed by atoms with E-state index >= 15 is 0 Å². The summed E-state index contributed by atoms with van der Waals surface area (Å²) in [5.41, 5.74) is 0.634. The molecule has 4 rings (SSSR count). The van der Waals surface area contributed by atoms with E-state index in [4.69, 9.17) is 14.2 Å². The first-order valence-corrected chi connectivity index (χ1v) is 11.8. The summed E-state index contributed by atoms with van der Waals surface area (Å²) in [5.74, 6) is -1.51. The summed E-state index contributed by atoms with van der Waals surface area (Å²) in [6.45, 7) is 4.30. The largest absolute Gasteiger partial charge is 0.488 e. The number of hydrogen-bond acceptors (Lipinski definition) is 7. The van der Waals surface area contributed by atoms with Gasteiger partial charge in [0.2, 0.25) is 11.7 Å². The quantitative estimate of drug-likeness (QED) is 0.578. The highest BCUT2D eigenvalue weighted by atomic mass is 19.2. The molecule has 2 aliphatic heterocycles. The van der Waals surface area contributed by atoms with Crippen LogP contribution in [0.5, 0.6) is 5.75 Å². The third-order valence-electron chi connectivity index (χ3n) is 5.69. The van der Waals surface area contributed by atoms with Crippen LogP contribution in [0.3, 0.4) is 0 Å². The van der Waals surface area contributed by atoms with Gasteiger partial charge >= 0.3 is 0 Å². The van der Waals surface area contributed by atoms with Crippen LogP contribution in [0.25, 0.3) is 0 Å². The van der Waals surface area contributed by atoms with Gasteiger partial charge in [-0.15, -0.1) is 0 Å². The minimum absolute atomic E-state index is 0.0164. The normalized spacial score (nSPS) is 20.0. The molecule has 196 valence electrons. The van der Waals surface area contributed by atoms with Crippen LogP contribution >= 0.6 is 0 Å². The van der Waals surface area contributed by atoms with Gasteiger partial charge in [-0.1, -0.05) is 6.07 Å². The van der Waals surface area contributed by atoms with E-state index < -0.39 is 17.7 Å². The molecule has 11 heteroatoms. The highest BCUT2D eigenvalue weighted by Gasteiger charge is 2.28. The van der Waals surface area contributed by atoms with Crippen LogP contribution in [-0.4, -0.2) is 80.9 Å². The topological polar surface area (TPSA) is 93.2 Å². The number of carbonyl (C=O) groups is 2. The minimum Gasteiger partial charge on any atom is -0.488 e. The predicted octanol–water partition coefficient (Wildman–Crippen LogP) is 2.86. The lowest BCUT2D eigenvalue weighted by Crippen LogP contribution is -2.49. The highest BCUT2D eigenvalue weighted by molar-refractivity contribution is 5.97. The van der Waals surface area contributed by atoms with E-state index in [9.17, 15) is 18.4 Å². The van der Waals surface area contributed by atoms with Crippen molar-refractivity contribution in [3.05, 3.63) is 48.2 Å². The molecule has 1 N–H and O–H groups in total. The number of halogens is 2. The number of benzene rings is 1. The van der Waals surface area contributed by atoms with Crippen molar-refractivity contribution in [1.29, 1.82) is 0 Å². The fourth-order valence-corrected chi connectivity index (χ4v) is 3.73. The summed E-state index contributed by atoms with van der Waals surface area (Å²) >= 11 is 0. The van der Waals surface area contributed by atoms with Crippen molar-refractivity contribution in [3.63, 3.8) is 0 Å². The molecule has 0 saturated carbocycles. The van der Waals surface area contributed by atoms with Crippen molar-refractivity contribution >= 4 is 23.3 Å². The average Bonchev–Trinajstić information content (AvgIpc) is 3.29. The van der Waals surface area contributed by atoms with Gasteiger partial charge in [-0.25, -0.2) is 9.37 Å². The molecule has 2 aromatic rings. The number of aromatic nitrogens is 1. The molecule has 2 saturated heterocycles. The Morgan fingerprint density at radius 3 is 2.72 bits per heavy atom. The Morgan fingerprint density at radius 1 is 1.22 bits per heavy atom. The van der Waals surface area contributed by atoms with Crippen molar-refractivity contribution in [1.82, 2.24) is 9.88 Å². The third kappa shape index (κ3) is 7.67. The van der Waals surface area contributed by atoms with Gasteiger partial charge in [0, 0.05) is 38.1 Å². The first-order valence-electron chi connectivity index (χ1n) is 11.8. The first kappa shape index (κ1) is 27.4. The number of piperazine rings is 1. The molecule has 0 spiro atoms. The molecule has 2 fully saturated rings. The van der Waals surface area contributed by atoms with Gasteiger partial charge in [0.15, 0.2) is 11.6 Å². The van der Waals surface area contributed by atoms with Crippen molar-refractivity contribution in [2.24, 2.45) is 0 Å². The maximum Gasteiger partial charge on any atom is 0.253 e. The summed E-state index contributed by atoms with van der Waals surface area (Å²) in [5, 5.41) is 2.86. The van der Waals surface area contributed by atoms with Crippen LogP contribution in [0.1, 0.15) is 19.8 Å². The fourth-order valence-electron chi connectivity index (χ4n) is 3.73. The molecule has 36 heavy (non-hydrogen) atoms. The van der Waals surface area contributed by atoms with E-state index in [1.165, 1.54) is 19.2 Å². The van der Waals surface area contributed by atoms with Gasteiger partial charge in [0.05, 0.1) is 19.3 Å². The Bertz CT molecular complexity index is 1040. The van der Waals surface area contributed by atoms with E-state index in [1.807, 2.05) is 18.9 Å². The molecular weight excluding hydrogens is 474 g/mol. The molecular formula is C25H32F2N4O5. The Morgan fingerprint density at radius 2 is 2.03 bits per heavy atom. The van der Waals surface area contributed by atoms with E-state index in [2.05, 4.69) is 10.3 Å². The summed E-state index contributed by atoms with van der Waals surface area (Å²) in [6, 6.07) is 7.26. The van der Waals surface area contributed by atoms with Crippen molar-refractivity contribution < 1.29 is 32.6 Å². The molecule has 0 radical (unpaired) electrons. The fraction of sp³-hybridized carbons (Fsp3) is 0.480. The minimum atomic E-state index is -0.960. The second kappa shape index (κ2) is 13.2. The lowest BCUT2D eigenvalue weighted by molar-refractivity contribution is -0.126. The molecule has 0 aliphatic carbocycles. The maximum absolute atomic E-state index is 12.9. The lowest BCUT2D eigenvalue weighted by Gasteiger charge is -2.31. The molecule has 2 unspecified atom stereocenters. The zero-order valence-electron chi connectivity index (χ0n) is 20.7. The Balaban J connectivity index is 0.000000236. The highest BCUT2D eigenvalue weighted by Crippen LogP contribution is 2.23. The monoisotopic (exact) mass is 506 g/mol. The van der Waals surface area contributed by atoms with Crippen LogP contribution in [0.2, 0.25) is 0 Å². The molecule has 1 aromatic heterocycles. The molecule has 2 amide bonds.